The number of benzene rings is 1. The van der Waals surface area contributed by atoms with Crippen molar-refractivity contribution in [1.82, 2.24) is 4.98 Å². The molecule has 0 spiro atoms. The lowest BCUT2D eigenvalue weighted by Gasteiger charge is -2.09. The van der Waals surface area contributed by atoms with Crippen LogP contribution < -0.4 is 5.73 Å². The third-order valence-corrected chi connectivity index (χ3v) is 3.85. The number of pyridine rings is 1. The first-order valence-electron chi connectivity index (χ1n) is 4.89. The summed E-state index contributed by atoms with van der Waals surface area (Å²) in [6.07, 6.45) is 3.49. The first-order valence-corrected chi connectivity index (χ1v) is 6.50. The minimum atomic E-state index is 0.0639. The molecule has 0 saturated heterocycles. The van der Waals surface area contributed by atoms with Gasteiger partial charge in [-0.05, 0) is 40.2 Å². The number of hydrogen-bond donors (Lipinski definition) is 2. The normalized spacial score (nSPS) is 10.2. The van der Waals surface area contributed by atoms with Gasteiger partial charge in [0.05, 0.1) is 0 Å². The lowest BCUT2D eigenvalue weighted by Crippen LogP contribution is -2.13. The van der Waals surface area contributed by atoms with E-state index in [1.54, 1.807) is 24.2 Å². The fraction of sp³-hybridized carbons (Fsp3) is 0. The van der Waals surface area contributed by atoms with Crippen molar-refractivity contribution in [3.05, 3.63) is 52.8 Å². The number of nitrogens with zero attached hydrogens (tertiary/aromatic N) is 1. The summed E-state index contributed by atoms with van der Waals surface area (Å²) in [5.41, 5.74) is 6.33. The van der Waals surface area contributed by atoms with Crippen LogP contribution in [-0.2, 0) is 0 Å². The second-order valence-corrected chi connectivity index (χ2v) is 5.28. The Morgan fingerprint density at radius 1 is 1.24 bits per heavy atom. The molecule has 1 heterocycles. The van der Waals surface area contributed by atoms with Crippen LogP contribution in [0.1, 0.15) is 5.56 Å². The zero-order valence-electron chi connectivity index (χ0n) is 8.85. The molecule has 1 aromatic heterocycles. The molecule has 0 fully saturated rings. The molecule has 86 valence electrons. The number of nitrogens with one attached hydrogen (secondary N) is 1. The summed E-state index contributed by atoms with van der Waals surface area (Å²) in [7, 11) is 0. The van der Waals surface area contributed by atoms with Gasteiger partial charge in [0.25, 0.3) is 0 Å². The Labute approximate surface area is 112 Å². The van der Waals surface area contributed by atoms with Crippen molar-refractivity contribution in [2.75, 3.05) is 0 Å². The fourth-order valence-corrected chi connectivity index (χ4v) is 3.08. The molecule has 2 rings (SSSR count). The molecule has 0 bridgehead atoms. The maximum atomic E-state index is 7.60. The fourth-order valence-electron chi connectivity index (χ4n) is 1.38. The van der Waals surface area contributed by atoms with Crippen molar-refractivity contribution in [1.29, 1.82) is 5.41 Å². The van der Waals surface area contributed by atoms with E-state index in [2.05, 4.69) is 20.9 Å². The van der Waals surface area contributed by atoms with E-state index in [0.29, 0.717) is 0 Å². The van der Waals surface area contributed by atoms with Crippen LogP contribution in [0.5, 0.6) is 0 Å². The zero-order valence-corrected chi connectivity index (χ0v) is 11.3. The van der Waals surface area contributed by atoms with Crippen molar-refractivity contribution in [3.8, 4) is 0 Å². The average Bonchev–Trinajstić information content (AvgIpc) is 2.30. The summed E-state index contributed by atoms with van der Waals surface area (Å²) in [4.78, 5) is 6.00. The van der Waals surface area contributed by atoms with E-state index in [1.165, 1.54) is 0 Å². The Morgan fingerprint density at radius 2 is 1.94 bits per heavy atom. The molecule has 0 atom stereocenters. The molecule has 0 saturated carbocycles. The van der Waals surface area contributed by atoms with Gasteiger partial charge in [0, 0.05) is 32.2 Å². The van der Waals surface area contributed by atoms with Crippen LogP contribution in [-0.4, -0.2) is 10.8 Å². The van der Waals surface area contributed by atoms with Crippen LogP contribution in [0.25, 0.3) is 0 Å². The summed E-state index contributed by atoms with van der Waals surface area (Å²) < 4.78 is 0.837. The Kier molecular flexibility index (Phi) is 3.81. The van der Waals surface area contributed by atoms with Gasteiger partial charge in [0.1, 0.15) is 5.84 Å². The Morgan fingerprint density at radius 3 is 2.59 bits per heavy atom. The standard InChI is InChI=1S/C12H10BrN3S/c13-9-2-1-3-10(11(9)12(14)15)17-8-4-6-16-7-5-8/h1-7H,(H3,14,15). The van der Waals surface area contributed by atoms with Crippen LogP contribution in [0.15, 0.2) is 57.0 Å². The average molecular weight is 308 g/mol. The number of nitrogens with two attached hydrogens (primary N) is 1. The predicted molar refractivity (Wildman–Crippen MR) is 73.5 cm³/mol. The number of hydrogen-bond acceptors (Lipinski definition) is 3. The number of rotatable bonds is 3. The number of aromatic nitrogens is 1. The monoisotopic (exact) mass is 307 g/mol. The number of amidine groups is 1. The van der Waals surface area contributed by atoms with Crippen molar-refractivity contribution < 1.29 is 0 Å². The van der Waals surface area contributed by atoms with Crippen molar-refractivity contribution in [3.63, 3.8) is 0 Å². The number of halogens is 1. The maximum absolute atomic E-state index is 7.60. The molecule has 0 aliphatic heterocycles. The predicted octanol–water partition coefficient (Wildman–Crippen LogP) is 3.28. The first-order chi connectivity index (χ1) is 8.18. The molecule has 0 aliphatic rings. The lowest BCUT2D eigenvalue weighted by atomic mass is 10.2. The van der Waals surface area contributed by atoms with Gasteiger partial charge < -0.3 is 5.73 Å². The highest BCUT2D eigenvalue weighted by molar-refractivity contribution is 9.10. The van der Waals surface area contributed by atoms with Gasteiger partial charge in [-0.1, -0.05) is 17.8 Å². The zero-order chi connectivity index (χ0) is 12.3. The van der Waals surface area contributed by atoms with Crippen molar-refractivity contribution in [2.45, 2.75) is 9.79 Å². The molecule has 5 heteroatoms. The molecule has 17 heavy (non-hydrogen) atoms. The molecule has 3 N–H and O–H groups in total. The van der Waals surface area contributed by atoms with Gasteiger partial charge in [0.15, 0.2) is 0 Å². The third kappa shape index (κ3) is 2.87. The van der Waals surface area contributed by atoms with Crippen LogP contribution in [0, 0.1) is 5.41 Å². The summed E-state index contributed by atoms with van der Waals surface area (Å²) >= 11 is 4.98. The quantitative estimate of drug-likeness (QED) is 0.675. The van der Waals surface area contributed by atoms with Crippen LogP contribution in [0.4, 0.5) is 0 Å². The van der Waals surface area contributed by atoms with Crippen LogP contribution in [0.2, 0.25) is 0 Å². The second kappa shape index (κ2) is 5.33. The first kappa shape index (κ1) is 12.1. The summed E-state index contributed by atoms with van der Waals surface area (Å²) in [6, 6.07) is 9.62. The Hall–Kier alpha value is -1.33. The minimum Gasteiger partial charge on any atom is -0.384 e. The van der Waals surface area contributed by atoms with E-state index >= 15 is 0 Å². The maximum Gasteiger partial charge on any atom is 0.125 e. The van der Waals surface area contributed by atoms with Gasteiger partial charge in [-0.2, -0.15) is 0 Å². The molecule has 3 nitrogen and oxygen atoms in total. The molecule has 0 amide bonds. The smallest absolute Gasteiger partial charge is 0.125 e. The SMILES string of the molecule is N=C(N)c1c(Br)cccc1Sc1ccncc1. The van der Waals surface area contributed by atoms with Gasteiger partial charge in [-0.3, -0.25) is 10.4 Å². The van der Waals surface area contributed by atoms with Gasteiger partial charge in [-0.15, -0.1) is 0 Å². The largest absolute Gasteiger partial charge is 0.384 e. The molecule has 0 aliphatic carbocycles. The van der Waals surface area contributed by atoms with Gasteiger partial charge in [-0.25, -0.2) is 0 Å². The molecule has 1 aromatic carbocycles. The molecule has 0 radical (unpaired) electrons. The van der Waals surface area contributed by atoms with E-state index in [4.69, 9.17) is 11.1 Å². The second-order valence-electron chi connectivity index (χ2n) is 3.31. The molecular formula is C12H10BrN3S. The Balaban J connectivity index is 2.40. The van der Waals surface area contributed by atoms with Gasteiger partial charge in [0.2, 0.25) is 0 Å². The summed E-state index contributed by atoms with van der Waals surface area (Å²) in [6.45, 7) is 0. The van der Waals surface area contributed by atoms with Crippen molar-refractivity contribution in [2.24, 2.45) is 5.73 Å². The van der Waals surface area contributed by atoms with E-state index < -0.39 is 0 Å². The highest BCUT2D eigenvalue weighted by Crippen LogP contribution is 2.33. The summed E-state index contributed by atoms with van der Waals surface area (Å²) in [5, 5.41) is 7.60. The molecule has 2 aromatic rings. The summed E-state index contributed by atoms with van der Waals surface area (Å²) in [5.74, 6) is 0.0639. The van der Waals surface area contributed by atoms with E-state index in [9.17, 15) is 0 Å². The van der Waals surface area contributed by atoms with Crippen LogP contribution >= 0.6 is 27.7 Å². The highest BCUT2D eigenvalue weighted by Gasteiger charge is 2.10. The van der Waals surface area contributed by atoms with E-state index in [-0.39, 0.29) is 5.84 Å². The highest BCUT2D eigenvalue weighted by atomic mass is 79.9. The van der Waals surface area contributed by atoms with E-state index in [0.717, 1.165) is 19.8 Å². The number of nitrogen functional groups attached to an aromatic ring is 1. The topological polar surface area (TPSA) is 62.8 Å². The van der Waals surface area contributed by atoms with Crippen molar-refractivity contribution >= 4 is 33.5 Å². The van der Waals surface area contributed by atoms with E-state index in [1.807, 2.05) is 30.3 Å². The molecule has 0 unspecified atom stereocenters. The minimum absolute atomic E-state index is 0.0639. The Bertz CT molecular complexity index is 543. The van der Waals surface area contributed by atoms with Crippen LogP contribution in [0.3, 0.4) is 0 Å². The third-order valence-electron chi connectivity index (χ3n) is 2.12. The van der Waals surface area contributed by atoms with Gasteiger partial charge >= 0.3 is 0 Å². The molecular weight excluding hydrogens is 298 g/mol. The lowest BCUT2D eigenvalue weighted by molar-refractivity contribution is 1.25.